The zero-order valence-electron chi connectivity index (χ0n) is 15.6. The summed E-state index contributed by atoms with van der Waals surface area (Å²) < 4.78 is 10.7. The predicted octanol–water partition coefficient (Wildman–Crippen LogP) is 3.62. The minimum Gasteiger partial charge on any atom is -0.496 e. The molecule has 0 unspecified atom stereocenters. The van der Waals surface area contributed by atoms with E-state index in [-0.39, 0.29) is 0 Å². The van der Waals surface area contributed by atoms with Crippen molar-refractivity contribution >= 4 is 29.2 Å². The van der Waals surface area contributed by atoms with E-state index in [4.69, 9.17) is 21.1 Å². The van der Waals surface area contributed by atoms with Crippen molar-refractivity contribution in [1.29, 1.82) is 0 Å². The normalized spacial score (nSPS) is 16.1. The van der Waals surface area contributed by atoms with Gasteiger partial charge in [-0.2, -0.15) is 0 Å². The summed E-state index contributed by atoms with van der Waals surface area (Å²) in [4.78, 5) is 25.2. The van der Waals surface area contributed by atoms with Crippen LogP contribution in [0, 0.1) is 0 Å². The lowest BCUT2D eigenvalue weighted by Gasteiger charge is -2.29. The largest absolute Gasteiger partial charge is 0.496 e. The molecule has 1 atom stereocenters. The van der Waals surface area contributed by atoms with Crippen LogP contribution in [0.5, 0.6) is 11.5 Å². The second-order valence-corrected chi connectivity index (χ2v) is 6.55. The number of anilines is 1. The molecule has 0 spiro atoms. The smallest absolute Gasteiger partial charge is 0.319 e. The summed E-state index contributed by atoms with van der Waals surface area (Å²) in [7, 11) is 3.04. The first-order valence-electron chi connectivity index (χ1n) is 8.50. The van der Waals surface area contributed by atoms with Crippen molar-refractivity contribution in [3.8, 4) is 11.5 Å². The van der Waals surface area contributed by atoms with Gasteiger partial charge in [0, 0.05) is 16.3 Å². The quantitative estimate of drug-likeness (QED) is 0.713. The van der Waals surface area contributed by atoms with Crippen molar-refractivity contribution in [1.82, 2.24) is 10.6 Å². The van der Waals surface area contributed by atoms with Crippen LogP contribution in [0.25, 0.3) is 0 Å². The van der Waals surface area contributed by atoms with Crippen LogP contribution < -0.4 is 25.4 Å². The summed E-state index contributed by atoms with van der Waals surface area (Å²) in [5.41, 5.74) is 1.89. The van der Waals surface area contributed by atoms with Gasteiger partial charge < -0.3 is 25.4 Å². The highest BCUT2D eigenvalue weighted by Gasteiger charge is 2.33. The van der Waals surface area contributed by atoms with E-state index in [1.807, 2.05) is 12.1 Å². The number of carbonyl (C=O) groups is 2. The van der Waals surface area contributed by atoms with Crippen LogP contribution >= 0.6 is 11.6 Å². The van der Waals surface area contributed by atoms with Gasteiger partial charge in [0.25, 0.3) is 5.91 Å². The molecule has 0 bridgehead atoms. The Bertz CT molecular complexity index is 958. The van der Waals surface area contributed by atoms with Crippen molar-refractivity contribution in [3.05, 3.63) is 64.3 Å². The molecule has 1 aliphatic rings. The average Bonchev–Trinajstić information content (AvgIpc) is 2.67. The Morgan fingerprint density at radius 2 is 1.82 bits per heavy atom. The zero-order chi connectivity index (χ0) is 20.3. The van der Waals surface area contributed by atoms with E-state index >= 15 is 0 Å². The highest BCUT2D eigenvalue weighted by Crippen LogP contribution is 2.34. The lowest BCUT2D eigenvalue weighted by atomic mass is 9.94. The minimum absolute atomic E-state index is 0.353. The standard InChI is InChI=1S/C20H20ClN3O4/c1-11-17(19(25)23-14-10-12(21)8-9-16(14)28-3)18(24-20(26)22-11)13-6-4-5-7-15(13)27-2/h4-10,18H,1-3H3,(H,23,25)(H2,22,24,26)/t18-/m0/s1. The fraction of sp³-hybridized carbons (Fsp3) is 0.200. The van der Waals surface area contributed by atoms with Gasteiger partial charge in [-0.1, -0.05) is 29.8 Å². The molecule has 3 N–H and O–H groups in total. The van der Waals surface area contributed by atoms with E-state index in [9.17, 15) is 9.59 Å². The Labute approximate surface area is 167 Å². The van der Waals surface area contributed by atoms with Crippen LogP contribution in [0.1, 0.15) is 18.5 Å². The fourth-order valence-electron chi connectivity index (χ4n) is 3.10. The maximum atomic E-state index is 13.1. The Balaban J connectivity index is 2.01. The summed E-state index contributed by atoms with van der Waals surface area (Å²) in [5, 5.41) is 8.71. The summed E-state index contributed by atoms with van der Waals surface area (Å²) in [5.74, 6) is 0.632. The molecule has 28 heavy (non-hydrogen) atoms. The first kappa shape index (κ1) is 19.6. The Morgan fingerprint density at radius 3 is 2.54 bits per heavy atom. The Hall–Kier alpha value is -3.19. The molecule has 8 heteroatoms. The number of hydrogen-bond acceptors (Lipinski definition) is 4. The monoisotopic (exact) mass is 401 g/mol. The van der Waals surface area contributed by atoms with Gasteiger partial charge in [0.2, 0.25) is 0 Å². The van der Waals surface area contributed by atoms with Gasteiger partial charge in [-0.05, 0) is 31.2 Å². The lowest BCUT2D eigenvalue weighted by molar-refractivity contribution is -0.113. The molecule has 0 aliphatic carbocycles. The number of carbonyl (C=O) groups excluding carboxylic acids is 2. The molecule has 0 saturated heterocycles. The lowest BCUT2D eigenvalue weighted by Crippen LogP contribution is -2.46. The van der Waals surface area contributed by atoms with Gasteiger partial charge in [-0.15, -0.1) is 0 Å². The predicted molar refractivity (Wildman–Crippen MR) is 107 cm³/mol. The van der Waals surface area contributed by atoms with Crippen molar-refractivity contribution in [3.63, 3.8) is 0 Å². The van der Waals surface area contributed by atoms with Crippen molar-refractivity contribution in [2.24, 2.45) is 0 Å². The van der Waals surface area contributed by atoms with E-state index in [0.29, 0.717) is 39.0 Å². The molecule has 7 nitrogen and oxygen atoms in total. The van der Waals surface area contributed by atoms with Gasteiger partial charge in [0.05, 0.1) is 31.5 Å². The highest BCUT2D eigenvalue weighted by molar-refractivity contribution is 6.31. The number of urea groups is 1. The summed E-state index contributed by atoms with van der Waals surface area (Å²) in [6.45, 7) is 1.67. The third kappa shape index (κ3) is 3.89. The molecule has 1 heterocycles. The molecule has 2 aromatic rings. The first-order valence-corrected chi connectivity index (χ1v) is 8.88. The second-order valence-electron chi connectivity index (χ2n) is 6.11. The summed E-state index contributed by atoms with van der Waals surface area (Å²) in [6.07, 6.45) is 0. The maximum Gasteiger partial charge on any atom is 0.319 e. The third-order valence-corrected chi connectivity index (χ3v) is 4.61. The van der Waals surface area contributed by atoms with E-state index in [1.54, 1.807) is 37.3 Å². The third-order valence-electron chi connectivity index (χ3n) is 4.37. The number of halogens is 1. The summed E-state index contributed by atoms with van der Waals surface area (Å²) in [6, 6.07) is 11.1. The van der Waals surface area contributed by atoms with E-state index in [2.05, 4.69) is 16.0 Å². The SMILES string of the molecule is COc1ccc(Cl)cc1NC(=O)C1=C(C)NC(=O)N[C@H]1c1ccccc1OC. The van der Waals surface area contributed by atoms with Gasteiger partial charge in [-0.25, -0.2) is 4.79 Å². The molecular weight excluding hydrogens is 382 g/mol. The maximum absolute atomic E-state index is 13.1. The van der Waals surface area contributed by atoms with E-state index in [0.717, 1.165) is 0 Å². The van der Waals surface area contributed by atoms with E-state index in [1.165, 1.54) is 14.2 Å². The number of nitrogens with one attached hydrogen (secondary N) is 3. The summed E-state index contributed by atoms with van der Waals surface area (Å²) >= 11 is 6.05. The molecule has 0 aromatic heterocycles. The molecule has 2 aromatic carbocycles. The van der Waals surface area contributed by atoms with Gasteiger partial charge >= 0.3 is 6.03 Å². The molecule has 0 fully saturated rings. The zero-order valence-corrected chi connectivity index (χ0v) is 16.4. The highest BCUT2D eigenvalue weighted by atomic mass is 35.5. The second kappa shape index (κ2) is 8.22. The average molecular weight is 402 g/mol. The number of ether oxygens (including phenoxy) is 2. The van der Waals surface area contributed by atoms with Crippen LogP contribution in [0.3, 0.4) is 0 Å². The Morgan fingerprint density at radius 1 is 1.11 bits per heavy atom. The topological polar surface area (TPSA) is 88.7 Å². The van der Waals surface area contributed by atoms with Crippen LogP contribution in [-0.4, -0.2) is 26.2 Å². The number of hydrogen-bond donors (Lipinski definition) is 3. The van der Waals surface area contributed by atoms with Crippen molar-refractivity contribution in [2.45, 2.75) is 13.0 Å². The van der Waals surface area contributed by atoms with Crippen LogP contribution in [0.4, 0.5) is 10.5 Å². The van der Waals surface area contributed by atoms with Crippen LogP contribution in [0.15, 0.2) is 53.7 Å². The van der Waals surface area contributed by atoms with Gasteiger partial charge in [0.1, 0.15) is 11.5 Å². The Kier molecular flexibility index (Phi) is 5.75. The number of rotatable bonds is 5. The number of para-hydroxylation sites is 1. The fourth-order valence-corrected chi connectivity index (χ4v) is 3.27. The van der Waals surface area contributed by atoms with Gasteiger partial charge in [0.15, 0.2) is 0 Å². The van der Waals surface area contributed by atoms with Crippen molar-refractivity contribution < 1.29 is 19.1 Å². The van der Waals surface area contributed by atoms with Crippen LogP contribution in [0.2, 0.25) is 5.02 Å². The van der Waals surface area contributed by atoms with Crippen molar-refractivity contribution in [2.75, 3.05) is 19.5 Å². The minimum atomic E-state index is -0.685. The van der Waals surface area contributed by atoms with Gasteiger partial charge in [-0.3, -0.25) is 4.79 Å². The first-order chi connectivity index (χ1) is 13.4. The molecule has 0 saturated carbocycles. The number of methoxy groups -OCH3 is 2. The number of benzene rings is 2. The van der Waals surface area contributed by atoms with E-state index < -0.39 is 18.0 Å². The molecular formula is C20H20ClN3O4. The molecule has 3 rings (SSSR count). The molecule has 3 amide bonds. The molecule has 0 radical (unpaired) electrons. The van der Waals surface area contributed by atoms with Crippen LogP contribution in [-0.2, 0) is 4.79 Å². The number of allylic oxidation sites excluding steroid dienone is 1. The molecule has 1 aliphatic heterocycles. The molecule has 146 valence electrons. The number of amides is 3.